The molecule has 3 N–H and O–H groups in total. The first-order chi connectivity index (χ1) is 9.60. The molecule has 0 bridgehead atoms. The van der Waals surface area contributed by atoms with E-state index >= 15 is 0 Å². The van der Waals surface area contributed by atoms with Crippen molar-refractivity contribution in [1.29, 1.82) is 0 Å². The van der Waals surface area contributed by atoms with Crippen LogP contribution >= 0.6 is 11.3 Å². The Morgan fingerprint density at radius 2 is 2.30 bits per heavy atom. The van der Waals surface area contributed by atoms with Crippen LogP contribution in [0.25, 0.3) is 0 Å². The number of rotatable bonds is 5. The molecule has 20 heavy (non-hydrogen) atoms. The van der Waals surface area contributed by atoms with Crippen molar-refractivity contribution in [3.05, 3.63) is 44.3 Å². The SMILES string of the molecule is CCNc1cc(C)ncc1C(=O)NCc1csc(=O)[nH]1. The highest BCUT2D eigenvalue weighted by Gasteiger charge is 2.12. The summed E-state index contributed by atoms with van der Waals surface area (Å²) in [7, 11) is 0. The molecular weight excluding hydrogens is 276 g/mol. The largest absolute Gasteiger partial charge is 0.385 e. The van der Waals surface area contributed by atoms with E-state index in [9.17, 15) is 9.59 Å². The van der Waals surface area contributed by atoms with Gasteiger partial charge >= 0.3 is 4.87 Å². The van der Waals surface area contributed by atoms with Crippen LogP contribution in [-0.2, 0) is 6.54 Å². The van der Waals surface area contributed by atoms with Crippen LogP contribution in [0.2, 0.25) is 0 Å². The normalized spacial score (nSPS) is 10.3. The molecular formula is C13H16N4O2S. The Labute approximate surface area is 120 Å². The zero-order valence-corrected chi connectivity index (χ0v) is 12.1. The average molecular weight is 292 g/mol. The molecule has 6 nitrogen and oxygen atoms in total. The topological polar surface area (TPSA) is 86.9 Å². The molecule has 0 radical (unpaired) electrons. The Hall–Kier alpha value is -2.15. The third kappa shape index (κ3) is 3.45. The zero-order chi connectivity index (χ0) is 14.5. The fourth-order valence-corrected chi connectivity index (χ4v) is 2.33. The van der Waals surface area contributed by atoms with Crippen molar-refractivity contribution in [1.82, 2.24) is 15.3 Å². The lowest BCUT2D eigenvalue weighted by Crippen LogP contribution is -2.24. The Morgan fingerprint density at radius 3 is 2.95 bits per heavy atom. The van der Waals surface area contributed by atoms with Gasteiger partial charge in [0, 0.05) is 29.5 Å². The molecule has 0 atom stereocenters. The highest BCUT2D eigenvalue weighted by molar-refractivity contribution is 7.07. The first-order valence-corrected chi connectivity index (χ1v) is 7.13. The summed E-state index contributed by atoms with van der Waals surface area (Å²) >= 11 is 1.08. The number of hydrogen-bond donors (Lipinski definition) is 3. The first kappa shape index (κ1) is 14.3. The van der Waals surface area contributed by atoms with Crippen LogP contribution in [0.15, 0.2) is 22.4 Å². The number of hydrogen-bond acceptors (Lipinski definition) is 5. The van der Waals surface area contributed by atoms with Crippen LogP contribution < -0.4 is 15.5 Å². The number of aromatic amines is 1. The van der Waals surface area contributed by atoms with Gasteiger partial charge in [-0.3, -0.25) is 14.6 Å². The van der Waals surface area contributed by atoms with Crippen molar-refractivity contribution in [2.75, 3.05) is 11.9 Å². The zero-order valence-electron chi connectivity index (χ0n) is 11.3. The van der Waals surface area contributed by atoms with Gasteiger partial charge in [0.1, 0.15) is 0 Å². The molecule has 0 aromatic carbocycles. The molecule has 0 aliphatic carbocycles. The molecule has 2 rings (SSSR count). The standard InChI is InChI=1S/C13H16N4O2S/c1-3-14-11-4-8(2)15-6-10(11)12(18)16-5-9-7-20-13(19)17-9/h4,6-7H,3,5H2,1-2H3,(H,14,15)(H,16,18)(H,17,19). The van der Waals surface area contributed by atoms with Gasteiger partial charge in [-0.05, 0) is 19.9 Å². The maximum Gasteiger partial charge on any atom is 0.304 e. The highest BCUT2D eigenvalue weighted by atomic mass is 32.1. The van der Waals surface area contributed by atoms with E-state index in [0.717, 1.165) is 29.3 Å². The van der Waals surface area contributed by atoms with Gasteiger partial charge < -0.3 is 15.6 Å². The van der Waals surface area contributed by atoms with Crippen LogP contribution in [0.4, 0.5) is 5.69 Å². The van der Waals surface area contributed by atoms with E-state index in [-0.39, 0.29) is 17.3 Å². The van der Waals surface area contributed by atoms with E-state index in [1.807, 2.05) is 19.9 Å². The Morgan fingerprint density at radius 1 is 1.50 bits per heavy atom. The van der Waals surface area contributed by atoms with E-state index in [0.29, 0.717) is 11.3 Å². The Kier molecular flexibility index (Phi) is 4.52. The third-order valence-electron chi connectivity index (χ3n) is 2.66. The van der Waals surface area contributed by atoms with E-state index in [2.05, 4.69) is 20.6 Å². The van der Waals surface area contributed by atoms with Crippen LogP contribution in [-0.4, -0.2) is 22.4 Å². The molecule has 106 valence electrons. The minimum atomic E-state index is -0.222. The van der Waals surface area contributed by atoms with E-state index in [4.69, 9.17) is 0 Å². The van der Waals surface area contributed by atoms with E-state index in [1.54, 1.807) is 11.6 Å². The molecule has 0 spiro atoms. The number of carbonyl (C=O) groups excluding carboxylic acids is 1. The second-order valence-corrected chi connectivity index (χ2v) is 5.10. The summed E-state index contributed by atoms with van der Waals surface area (Å²) in [5.74, 6) is -0.222. The van der Waals surface area contributed by atoms with Gasteiger partial charge in [-0.25, -0.2) is 0 Å². The van der Waals surface area contributed by atoms with Crippen molar-refractivity contribution >= 4 is 22.9 Å². The lowest BCUT2D eigenvalue weighted by molar-refractivity contribution is 0.0951. The van der Waals surface area contributed by atoms with Crippen molar-refractivity contribution < 1.29 is 4.79 Å². The monoisotopic (exact) mass is 292 g/mol. The fourth-order valence-electron chi connectivity index (χ4n) is 1.75. The van der Waals surface area contributed by atoms with Crippen molar-refractivity contribution in [2.24, 2.45) is 0 Å². The number of H-pyrrole nitrogens is 1. The van der Waals surface area contributed by atoms with Gasteiger partial charge in [0.15, 0.2) is 0 Å². The van der Waals surface area contributed by atoms with E-state index in [1.165, 1.54) is 0 Å². The maximum absolute atomic E-state index is 12.2. The molecule has 2 aromatic heterocycles. The minimum absolute atomic E-state index is 0.125. The number of nitrogens with zero attached hydrogens (tertiary/aromatic N) is 1. The molecule has 2 aromatic rings. The molecule has 0 fully saturated rings. The summed E-state index contributed by atoms with van der Waals surface area (Å²) < 4.78 is 0. The Balaban J connectivity index is 2.10. The van der Waals surface area contributed by atoms with Crippen molar-refractivity contribution in [2.45, 2.75) is 20.4 Å². The molecule has 0 aliphatic heterocycles. The van der Waals surface area contributed by atoms with Gasteiger partial charge in [-0.1, -0.05) is 11.3 Å². The minimum Gasteiger partial charge on any atom is -0.385 e. The average Bonchev–Trinajstić information content (AvgIpc) is 2.82. The maximum atomic E-state index is 12.2. The van der Waals surface area contributed by atoms with Crippen LogP contribution in [0.1, 0.15) is 28.7 Å². The number of thiazole rings is 1. The van der Waals surface area contributed by atoms with Gasteiger partial charge in [0.25, 0.3) is 5.91 Å². The van der Waals surface area contributed by atoms with Crippen molar-refractivity contribution in [3.8, 4) is 0 Å². The van der Waals surface area contributed by atoms with Crippen LogP contribution in [0, 0.1) is 6.92 Å². The second-order valence-electron chi connectivity index (χ2n) is 4.26. The quantitative estimate of drug-likeness (QED) is 0.779. The number of carbonyl (C=O) groups is 1. The highest BCUT2D eigenvalue weighted by Crippen LogP contribution is 2.15. The van der Waals surface area contributed by atoms with Crippen LogP contribution in [0.3, 0.4) is 0 Å². The number of pyridine rings is 1. The van der Waals surface area contributed by atoms with Gasteiger partial charge in [0.2, 0.25) is 0 Å². The second kappa shape index (κ2) is 6.33. The summed E-state index contributed by atoms with van der Waals surface area (Å²) in [6, 6.07) is 1.84. The molecule has 0 saturated heterocycles. The molecule has 1 amide bonds. The lowest BCUT2D eigenvalue weighted by Gasteiger charge is -2.11. The number of aromatic nitrogens is 2. The predicted molar refractivity (Wildman–Crippen MR) is 79.2 cm³/mol. The summed E-state index contributed by atoms with van der Waals surface area (Å²) in [5.41, 5.74) is 2.80. The molecule has 0 aliphatic rings. The van der Waals surface area contributed by atoms with Crippen molar-refractivity contribution in [3.63, 3.8) is 0 Å². The van der Waals surface area contributed by atoms with E-state index < -0.39 is 0 Å². The summed E-state index contributed by atoms with van der Waals surface area (Å²) in [4.78, 5) is 29.8. The summed E-state index contributed by atoms with van der Waals surface area (Å²) in [5, 5.41) is 7.60. The number of aryl methyl sites for hydroxylation is 1. The molecule has 2 heterocycles. The number of anilines is 1. The number of nitrogens with one attached hydrogen (secondary N) is 3. The lowest BCUT2D eigenvalue weighted by atomic mass is 10.2. The summed E-state index contributed by atoms with van der Waals surface area (Å²) in [6.07, 6.45) is 1.55. The molecule has 0 saturated carbocycles. The predicted octanol–water partition coefficient (Wildman–Crippen LogP) is 1.50. The van der Waals surface area contributed by atoms with Gasteiger partial charge in [0.05, 0.1) is 17.8 Å². The molecule has 0 unspecified atom stereocenters. The van der Waals surface area contributed by atoms with Crippen LogP contribution in [0.5, 0.6) is 0 Å². The fraction of sp³-hybridized carbons (Fsp3) is 0.308. The summed E-state index contributed by atoms with van der Waals surface area (Å²) in [6.45, 7) is 4.85. The Bertz CT molecular complexity index is 662. The molecule has 7 heteroatoms. The first-order valence-electron chi connectivity index (χ1n) is 6.25. The van der Waals surface area contributed by atoms with Gasteiger partial charge in [-0.2, -0.15) is 0 Å². The smallest absolute Gasteiger partial charge is 0.304 e. The van der Waals surface area contributed by atoms with Gasteiger partial charge in [-0.15, -0.1) is 0 Å². The number of amides is 1. The third-order valence-corrected chi connectivity index (χ3v) is 3.38.